The van der Waals surface area contributed by atoms with Crippen molar-refractivity contribution in [1.29, 1.82) is 0 Å². The summed E-state index contributed by atoms with van der Waals surface area (Å²) in [5.41, 5.74) is 0.856. The van der Waals surface area contributed by atoms with E-state index in [4.69, 9.17) is 0 Å². The highest BCUT2D eigenvalue weighted by atomic mass is 19.3. The fraction of sp³-hybridized carbons (Fsp3) is 0.462. The number of amides is 1. The fourth-order valence-electron chi connectivity index (χ4n) is 2.00. The highest BCUT2D eigenvalue weighted by molar-refractivity contribution is 5.94. The highest BCUT2D eigenvalue weighted by Gasteiger charge is 2.45. The quantitative estimate of drug-likeness (QED) is 0.681. The molecule has 1 aliphatic heterocycles. The Bertz CT molecular complexity index is 429. The van der Waals surface area contributed by atoms with Crippen LogP contribution in [0, 0.1) is 6.92 Å². The minimum atomic E-state index is -2.92. The Morgan fingerprint density at radius 1 is 1.35 bits per heavy atom. The first-order chi connectivity index (χ1) is 7.93. The van der Waals surface area contributed by atoms with E-state index in [9.17, 15) is 13.6 Å². The summed E-state index contributed by atoms with van der Waals surface area (Å²) < 4.78 is 27.2. The van der Waals surface area contributed by atoms with E-state index in [1.54, 1.807) is 25.1 Å². The number of aryl methyl sites for hydroxylation is 1. The lowest BCUT2D eigenvalue weighted by Crippen LogP contribution is -2.30. The van der Waals surface area contributed by atoms with Crippen LogP contribution in [0.3, 0.4) is 0 Å². The Kier molecular flexibility index (Phi) is 3.86. The molecule has 94 valence electrons. The lowest BCUT2D eigenvalue weighted by atomic mass is 10.0. The van der Waals surface area contributed by atoms with E-state index in [2.05, 4.69) is 0 Å². The summed E-state index contributed by atoms with van der Waals surface area (Å²) in [5.74, 6) is -3.27. The summed E-state index contributed by atoms with van der Waals surface area (Å²) in [5, 5.41) is 0. The van der Waals surface area contributed by atoms with Gasteiger partial charge in [-0.15, -0.1) is 0 Å². The second-order valence-electron chi connectivity index (χ2n) is 3.78. The van der Waals surface area contributed by atoms with Gasteiger partial charge in [0, 0.05) is 12.5 Å². The van der Waals surface area contributed by atoms with Crippen LogP contribution >= 0.6 is 0 Å². The van der Waals surface area contributed by atoms with Gasteiger partial charge in [0.15, 0.2) is 0 Å². The Morgan fingerprint density at radius 2 is 1.94 bits per heavy atom. The summed E-state index contributed by atoms with van der Waals surface area (Å²) in [6.45, 7) is 6.40. The summed E-state index contributed by atoms with van der Waals surface area (Å²) >= 11 is 0. The maximum absolute atomic E-state index is 13.6. The third-order valence-corrected chi connectivity index (χ3v) is 2.64. The topological polar surface area (TPSA) is 20.3 Å². The molecular weight excluding hydrogens is 224 g/mol. The molecule has 4 heteroatoms. The summed E-state index contributed by atoms with van der Waals surface area (Å²) in [6, 6.07) is 4.88. The molecule has 0 radical (unpaired) electrons. The molecular formula is C13H17F2NO. The number of anilines is 1. The first-order valence-corrected chi connectivity index (χ1v) is 5.69. The average molecular weight is 241 g/mol. The molecule has 0 saturated carbocycles. The number of hydrogen-bond acceptors (Lipinski definition) is 1. The zero-order valence-corrected chi connectivity index (χ0v) is 10.6. The molecule has 0 bridgehead atoms. The van der Waals surface area contributed by atoms with Crippen molar-refractivity contribution in [2.75, 3.05) is 11.4 Å². The van der Waals surface area contributed by atoms with Crippen LogP contribution in [-0.4, -0.2) is 12.5 Å². The second kappa shape index (κ2) is 4.82. The normalized spacial score (nSPS) is 16.0. The monoisotopic (exact) mass is 241 g/mol. The van der Waals surface area contributed by atoms with E-state index in [-0.39, 0.29) is 11.5 Å². The molecule has 1 aliphatic rings. The zero-order valence-electron chi connectivity index (χ0n) is 10.6. The van der Waals surface area contributed by atoms with Crippen LogP contribution in [0.2, 0.25) is 0 Å². The van der Waals surface area contributed by atoms with E-state index in [1.807, 2.05) is 13.8 Å². The molecule has 1 heterocycles. The van der Waals surface area contributed by atoms with Crippen LogP contribution in [-0.2, 0) is 10.7 Å². The Balaban J connectivity index is 0.000000686. The van der Waals surface area contributed by atoms with Crippen LogP contribution in [0.25, 0.3) is 0 Å². The fourth-order valence-corrected chi connectivity index (χ4v) is 2.00. The van der Waals surface area contributed by atoms with Gasteiger partial charge in [0.1, 0.15) is 0 Å². The number of fused-ring (bicyclic) bond motifs is 1. The summed E-state index contributed by atoms with van der Waals surface area (Å²) in [4.78, 5) is 12.3. The minimum absolute atomic E-state index is 0.0137. The van der Waals surface area contributed by atoms with Gasteiger partial charge in [-0.25, -0.2) is 0 Å². The van der Waals surface area contributed by atoms with Crippen LogP contribution in [0.4, 0.5) is 14.5 Å². The van der Waals surface area contributed by atoms with Crippen LogP contribution in [0.1, 0.15) is 31.9 Å². The van der Waals surface area contributed by atoms with E-state index in [1.165, 1.54) is 6.92 Å². The van der Waals surface area contributed by atoms with E-state index < -0.39 is 12.5 Å². The van der Waals surface area contributed by atoms with Crippen LogP contribution < -0.4 is 4.90 Å². The first-order valence-electron chi connectivity index (χ1n) is 5.69. The smallest absolute Gasteiger partial charge is 0.293 e. The van der Waals surface area contributed by atoms with Gasteiger partial charge in [-0.2, -0.15) is 8.78 Å². The standard InChI is InChI=1S/C11H11F2NO.C2H6/c1-7-4-3-5-9-10(7)11(12,13)6-14(9)8(2)15;1-2/h3-5H,6H2,1-2H3;1-2H3. The molecule has 0 spiro atoms. The third-order valence-electron chi connectivity index (χ3n) is 2.64. The number of hydrogen-bond donors (Lipinski definition) is 0. The maximum atomic E-state index is 13.6. The van der Waals surface area contributed by atoms with Crippen molar-refractivity contribution in [2.24, 2.45) is 0 Å². The number of rotatable bonds is 0. The zero-order chi connectivity index (χ0) is 13.2. The summed E-state index contributed by atoms with van der Waals surface area (Å²) in [7, 11) is 0. The average Bonchev–Trinajstić information content (AvgIpc) is 2.55. The van der Waals surface area contributed by atoms with Gasteiger partial charge in [0.25, 0.3) is 5.92 Å². The molecule has 2 rings (SSSR count). The van der Waals surface area contributed by atoms with Gasteiger partial charge >= 0.3 is 0 Å². The number of nitrogens with zero attached hydrogens (tertiary/aromatic N) is 1. The van der Waals surface area contributed by atoms with E-state index in [0.717, 1.165) is 4.90 Å². The largest absolute Gasteiger partial charge is 0.306 e. The highest BCUT2D eigenvalue weighted by Crippen LogP contribution is 2.44. The molecule has 1 aromatic rings. The van der Waals surface area contributed by atoms with Crippen molar-refractivity contribution in [1.82, 2.24) is 0 Å². The second-order valence-corrected chi connectivity index (χ2v) is 3.78. The Morgan fingerprint density at radius 3 is 2.47 bits per heavy atom. The third kappa shape index (κ3) is 2.30. The Labute approximate surface area is 100 Å². The van der Waals surface area contributed by atoms with Crippen molar-refractivity contribution >= 4 is 11.6 Å². The number of carbonyl (C=O) groups is 1. The van der Waals surface area contributed by atoms with Gasteiger partial charge in [-0.3, -0.25) is 4.79 Å². The first kappa shape index (κ1) is 13.6. The van der Waals surface area contributed by atoms with Gasteiger partial charge in [0.05, 0.1) is 12.2 Å². The lowest BCUT2D eigenvalue weighted by molar-refractivity contribution is -0.117. The predicted octanol–water partition coefficient (Wildman–Crippen LogP) is 3.48. The molecule has 2 nitrogen and oxygen atoms in total. The summed E-state index contributed by atoms with van der Waals surface area (Å²) in [6.07, 6.45) is 0. The van der Waals surface area contributed by atoms with Crippen molar-refractivity contribution in [3.05, 3.63) is 29.3 Å². The lowest BCUT2D eigenvalue weighted by Gasteiger charge is -2.14. The van der Waals surface area contributed by atoms with Crippen molar-refractivity contribution in [3.8, 4) is 0 Å². The molecule has 0 atom stereocenters. The molecule has 0 N–H and O–H groups in total. The number of alkyl halides is 2. The van der Waals surface area contributed by atoms with Crippen molar-refractivity contribution < 1.29 is 13.6 Å². The van der Waals surface area contributed by atoms with E-state index >= 15 is 0 Å². The minimum Gasteiger partial charge on any atom is -0.306 e. The molecule has 1 aromatic carbocycles. The van der Waals surface area contributed by atoms with Gasteiger partial charge in [-0.1, -0.05) is 26.0 Å². The predicted molar refractivity (Wildman–Crippen MR) is 64.4 cm³/mol. The van der Waals surface area contributed by atoms with Crippen LogP contribution in [0.5, 0.6) is 0 Å². The van der Waals surface area contributed by atoms with Crippen LogP contribution in [0.15, 0.2) is 18.2 Å². The molecule has 0 saturated heterocycles. The van der Waals surface area contributed by atoms with Gasteiger partial charge in [0.2, 0.25) is 5.91 Å². The van der Waals surface area contributed by atoms with Crippen molar-refractivity contribution in [3.63, 3.8) is 0 Å². The van der Waals surface area contributed by atoms with E-state index in [0.29, 0.717) is 11.3 Å². The molecule has 0 unspecified atom stereocenters. The molecule has 0 aromatic heterocycles. The van der Waals surface area contributed by atoms with Gasteiger partial charge < -0.3 is 4.90 Å². The van der Waals surface area contributed by atoms with Crippen molar-refractivity contribution in [2.45, 2.75) is 33.6 Å². The number of benzene rings is 1. The molecule has 17 heavy (non-hydrogen) atoms. The molecule has 0 fully saturated rings. The SMILES string of the molecule is CC.CC(=O)N1CC(F)(F)c2c(C)cccc21. The maximum Gasteiger partial charge on any atom is 0.293 e. The number of carbonyl (C=O) groups excluding carboxylic acids is 1. The number of halogens is 2. The molecule has 1 amide bonds. The van der Waals surface area contributed by atoms with Gasteiger partial charge in [-0.05, 0) is 18.6 Å². The molecule has 0 aliphatic carbocycles. The Hall–Kier alpha value is -1.45.